The van der Waals surface area contributed by atoms with Crippen molar-refractivity contribution in [1.82, 2.24) is 15.1 Å². The number of likely N-dealkylation sites (tertiary alicyclic amines) is 2. The highest BCUT2D eigenvalue weighted by Crippen LogP contribution is 2.38. The summed E-state index contributed by atoms with van der Waals surface area (Å²) in [7, 11) is 0. The molecule has 0 aromatic heterocycles. The molecule has 120 valence electrons. The lowest BCUT2D eigenvalue weighted by atomic mass is 9.76. The van der Waals surface area contributed by atoms with Gasteiger partial charge >= 0.3 is 12.0 Å². The van der Waals surface area contributed by atoms with E-state index >= 15 is 0 Å². The smallest absolute Gasteiger partial charge is 0.317 e. The molecule has 0 aliphatic carbocycles. The Hall–Kier alpha value is -1.30. The number of amides is 2. The van der Waals surface area contributed by atoms with Crippen LogP contribution in [-0.2, 0) is 4.79 Å². The first kappa shape index (κ1) is 16.1. The number of carbonyl (C=O) groups excluding carboxylic acids is 1. The molecule has 0 radical (unpaired) electrons. The van der Waals surface area contributed by atoms with Crippen molar-refractivity contribution in [3.05, 3.63) is 0 Å². The largest absolute Gasteiger partial charge is 0.481 e. The first-order chi connectivity index (χ1) is 9.95. The molecule has 2 aliphatic heterocycles. The Labute approximate surface area is 126 Å². The van der Waals surface area contributed by atoms with Crippen LogP contribution in [0.2, 0.25) is 0 Å². The number of hydrogen-bond acceptors (Lipinski definition) is 3. The van der Waals surface area contributed by atoms with E-state index in [1.807, 2.05) is 13.8 Å². The van der Waals surface area contributed by atoms with E-state index in [4.69, 9.17) is 0 Å². The van der Waals surface area contributed by atoms with Crippen LogP contribution in [0.4, 0.5) is 4.79 Å². The van der Waals surface area contributed by atoms with Gasteiger partial charge in [-0.05, 0) is 38.3 Å². The highest BCUT2D eigenvalue weighted by atomic mass is 16.4. The fourth-order valence-corrected chi connectivity index (χ4v) is 3.34. The van der Waals surface area contributed by atoms with Gasteiger partial charge in [0.15, 0.2) is 0 Å². The number of carbonyl (C=O) groups is 2. The van der Waals surface area contributed by atoms with Crippen molar-refractivity contribution < 1.29 is 14.7 Å². The second-order valence-electron chi connectivity index (χ2n) is 6.57. The summed E-state index contributed by atoms with van der Waals surface area (Å²) in [6.07, 6.45) is 3.03. The fraction of sp³-hybridized carbons (Fsp3) is 0.867. The van der Waals surface area contributed by atoms with Gasteiger partial charge in [0.1, 0.15) is 0 Å². The Balaban J connectivity index is 1.79. The lowest BCUT2D eigenvalue weighted by Crippen LogP contribution is -2.45. The van der Waals surface area contributed by atoms with Crippen molar-refractivity contribution >= 4 is 12.0 Å². The molecular weight excluding hydrogens is 270 g/mol. The molecule has 2 rings (SSSR count). The van der Waals surface area contributed by atoms with Gasteiger partial charge in [-0.1, -0.05) is 13.8 Å². The number of carboxylic acids is 1. The summed E-state index contributed by atoms with van der Waals surface area (Å²) < 4.78 is 0. The molecule has 6 nitrogen and oxygen atoms in total. The van der Waals surface area contributed by atoms with Crippen LogP contribution in [-0.4, -0.2) is 66.2 Å². The molecule has 2 heterocycles. The third kappa shape index (κ3) is 3.48. The number of hydrogen-bond donors (Lipinski definition) is 2. The zero-order chi connectivity index (χ0) is 15.5. The van der Waals surface area contributed by atoms with E-state index in [-0.39, 0.29) is 11.9 Å². The summed E-state index contributed by atoms with van der Waals surface area (Å²) in [5.41, 5.74) is -0.785. The second kappa shape index (κ2) is 6.64. The third-order valence-electron chi connectivity index (χ3n) is 5.02. The molecule has 0 aromatic carbocycles. The molecule has 21 heavy (non-hydrogen) atoms. The highest BCUT2D eigenvalue weighted by Gasteiger charge is 2.48. The molecule has 0 saturated carbocycles. The van der Waals surface area contributed by atoms with E-state index in [1.54, 1.807) is 4.90 Å². The van der Waals surface area contributed by atoms with Gasteiger partial charge in [-0.25, -0.2) is 4.79 Å². The summed E-state index contributed by atoms with van der Waals surface area (Å²) >= 11 is 0. The van der Waals surface area contributed by atoms with E-state index in [0.29, 0.717) is 26.1 Å². The predicted molar refractivity (Wildman–Crippen MR) is 80.2 cm³/mol. The molecule has 2 amide bonds. The molecule has 0 bridgehead atoms. The van der Waals surface area contributed by atoms with Gasteiger partial charge < -0.3 is 20.2 Å². The minimum atomic E-state index is -0.787. The fourth-order valence-electron chi connectivity index (χ4n) is 3.34. The quantitative estimate of drug-likeness (QED) is 0.800. The van der Waals surface area contributed by atoms with E-state index in [0.717, 1.165) is 19.6 Å². The van der Waals surface area contributed by atoms with Gasteiger partial charge in [0.05, 0.1) is 5.41 Å². The maximum Gasteiger partial charge on any atom is 0.317 e. The van der Waals surface area contributed by atoms with Crippen LogP contribution in [0.3, 0.4) is 0 Å². The SMILES string of the molecule is CC(C)C1(C(=O)O)CCN(C(=O)NCCN2CCCC2)C1. The zero-order valence-corrected chi connectivity index (χ0v) is 13.1. The van der Waals surface area contributed by atoms with Crippen molar-refractivity contribution in [3.63, 3.8) is 0 Å². The summed E-state index contributed by atoms with van der Waals surface area (Å²) in [5.74, 6) is -0.762. The maximum atomic E-state index is 12.2. The molecule has 2 fully saturated rings. The lowest BCUT2D eigenvalue weighted by molar-refractivity contribution is -0.150. The van der Waals surface area contributed by atoms with Crippen LogP contribution < -0.4 is 5.32 Å². The lowest BCUT2D eigenvalue weighted by Gasteiger charge is -2.28. The van der Waals surface area contributed by atoms with Crippen molar-refractivity contribution in [2.24, 2.45) is 11.3 Å². The minimum Gasteiger partial charge on any atom is -0.481 e. The van der Waals surface area contributed by atoms with Crippen molar-refractivity contribution in [2.75, 3.05) is 39.3 Å². The molecular formula is C15H27N3O3. The van der Waals surface area contributed by atoms with Gasteiger partial charge in [-0.2, -0.15) is 0 Å². The number of rotatable bonds is 5. The topological polar surface area (TPSA) is 72.9 Å². The molecule has 1 unspecified atom stereocenters. The monoisotopic (exact) mass is 297 g/mol. The maximum absolute atomic E-state index is 12.2. The van der Waals surface area contributed by atoms with Gasteiger partial charge in [-0.15, -0.1) is 0 Å². The molecule has 1 atom stereocenters. The average molecular weight is 297 g/mol. The van der Waals surface area contributed by atoms with Gasteiger partial charge in [0.2, 0.25) is 0 Å². The van der Waals surface area contributed by atoms with E-state index in [9.17, 15) is 14.7 Å². The Bertz CT molecular complexity index is 394. The highest BCUT2D eigenvalue weighted by molar-refractivity contribution is 5.80. The number of nitrogens with zero attached hydrogens (tertiary/aromatic N) is 2. The van der Waals surface area contributed by atoms with Crippen LogP contribution >= 0.6 is 0 Å². The standard InChI is InChI=1S/C15H27N3O3/c1-12(2)15(13(19)20)5-9-18(11-15)14(21)16-6-10-17-7-3-4-8-17/h12H,3-11H2,1-2H3,(H,16,21)(H,19,20). The predicted octanol–water partition coefficient (Wildman–Crippen LogP) is 1.22. The summed E-state index contributed by atoms with van der Waals surface area (Å²) in [6, 6.07) is -0.127. The number of aliphatic carboxylic acids is 1. The van der Waals surface area contributed by atoms with E-state index < -0.39 is 11.4 Å². The molecule has 0 spiro atoms. The Morgan fingerprint density at radius 3 is 2.43 bits per heavy atom. The number of urea groups is 1. The van der Waals surface area contributed by atoms with Crippen LogP contribution in [0.5, 0.6) is 0 Å². The second-order valence-corrected chi connectivity index (χ2v) is 6.57. The number of carboxylic acid groups (broad SMARTS) is 1. The number of nitrogens with one attached hydrogen (secondary N) is 1. The van der Waals surface area contributed by atoms with Crippen LogP contribution in [0.1, 0.15) is 33.1 Å². The molecule has 2 N–H and O–H groups in total. The average Bonchev–Trinajstić information content (AvgIpc) is 3.08. The van der Waals surface area contributed by atoms with Gasteiger partial charge in [0.25, 0.3) is 0 Å². The van der Waals surface area contributed by atoms with Crippen molar-refractivity contribution in [2.45, 2.75) is 33.1 Å². The van der Waals surface area contributed by atoms with Gasteiger partial charge in [-0.3, -0.25) is 4.79 Å². The summed E-state index contributed by atoms with van der Waals surface area (Å²) in [6.45, 7) is 8.44. The Kier molecular flexibility index (Phi) is 5.08. The molecule has 6 heteroatoms. The zero-order valence-electron chi connectivity index (χ0n) is 13.1. The summed E-state index contributed by atoms with van der Waals surface area (Å²) in [5, 5.41) is 12.4. The normalized spacial score (nSPS) is 26.5. The molecule has 0 aromatic rings. The Morgan fingerprint density at radius 1 is 1.24 bits per heavy atom. The van der Waals surface area contributed by atoms with Crippen LogP contribution in [0.25, 0.3) is 0 Å². The van der Waals surface area contributed by atoms with E-state index in [2.05, 4.69) is 10.2 Å². The third-order valence-corrected chi connectivity index (χ3v) is 5.02. The first-order valence-corrected chi connectivity index (χ1v) is 7.94. The van der Waals surface area contributed by atoms with Crippen LogP contribution in [0, 0.1) is 11.3 Å². The van der Waals surface area contributed by atoms with Gasteiger partial charge in [0, 0.05) is 26.2 Å². The van der Waals surface area contributed by atoms with Crippen molar-refractivity contribution in [3.8, 4) is 0 Å². The van der Waals surface area contributed by atoms with Crippen molar-refractivity contribution in [1.29, 1.82) is 0 Å². The molecule has 2 saturated heterocycles. The Morgan fingerprint density at radius 2 is 1.90 bits per heavy atom. The van der Waals surface area contributed by atoms with Crippen LogP contribution in [0.15, 0.2) is 0 Å². The molecule has 2 aliphatic rings. The van der Waals surface area contributed by atoms with E-state index in [1.165, 1.54) is 12.8 Å². The first-order valence-electron chi connectivity index (χ1n) is 7.94. The summed E-state index contributed by atoms with van der Waals surface area (Å²) in [4.78, 5) is 27.7. The minimum absolute atomic E-state index is 0.0254.